The molecule has 1 heterocycles. The SMILES string of the molecule is Oc1ccc(-c2ccc3c(c2)OCCO3)cc1F. The predicted molar refractivity (Wildman–Crippen MR) is 64.5 cm³/mol. The number of benzene rings is 2. The van der Waals surface area contributed by atoms with Crippen LogP contribution in [0.5, 0.6) is 17.2 Å². The first-order valence-electron chi connectivity index (χ1n) is 5.62. The number of ether oxygens (including phenoxy) is 2. The van der Waals surface area contributed by atoms with E-state index >= 15 is 0 Å². The molecule has 2 aromatic carbocycles. The molecule has 18 heavy (non-hydrogen) atoms. The van der Waals surface area contributed by atoms with Crippen LogP contribution in [0.3, 0.4) is 0 Å². The van der Waals surface area contributed by atoms with Crippen LogP contribution in [0.25, 0.3) is 11.1 Å². The van der Waals surface area contributed by atoms with E-state index in [1.54, 1.807) is 18.2 Å². The maximum absolute atomic E-state index is 13.3. The van der Waals surface area contributed by atoms with Crippen LogP contribution in [-0.4, -0.2) is 18.3 Å². The quantitative estimate of drug-likeness (QED) is 0.840. The highest BCUT2D eigenvalue weighted by Gasteiger charge is 2.13. The van der Waals surface area contributed by atoms with Crippen molar-refractivity contribution in [1.82, 2.24) is 0 Å². The van der Waals surface area contributed by atoms with Crippen molar-refractivity contribution in [1.29, 1.82) is 0 Å². The molecule has 0 radical (unpaired) electrons. The number of phenols is 1. The Bertz CT molecular complexity index is 596. The highest BCUT2D eigenvalue weighted by Crippen LogP contribution is 2.35. The number of halogens is 1. The van der Waals surface area contributed by atoms with Crippen molar-refractivity contribution >= 4 is 0 Å². The molecule has 1 aliphatic rings. The molecular formula is C14H11FO3. The molecular weight excluding hydrogens is 235 g/mol. The monoisotopic (exact) mass is 246 g/mol. The van der Waals surface area contributed by atoms with E-state index in [1.165, 1.54) is 12.1 Å². The van der Waals surface area contributed by atoms with Crippen molar-refractivity contribution in [3.63, 3.8) is 0 Å². The van der Waals surface area contributed by atoms with E-state index in [0.717, 1.165) is 5.56 Å². The van der Waals surface area contributed by atoms with Gasteiger partial charge >= 0.3 is 0 Å². The summed E-state index contributed by atoms with van der Waals surface area (Å²) in [6.07, 6.45) is 0. The molecule has 3 nitrogen and oxygen atoms in total. The van der Waals surface area contributed by atoms with Crippen molar-refractivity contribution in [3.8, 4) is 28.4 Å². The minimum absolute atomic E-state index is 0.351. The van der Waals surface area contributed by atoms with Crippen molar-refractivity contribution in [2.45, 2.75) is 0 Å². The normalized spacial score (nSPS) is 13.4. The molecule has 1 aliphatic heterocycles. The van der Waals surface area contributed by atoms with Gasteiger partial charge in [-0.15, -0.1) is 0 Å². The minimum atomic E-state index is -0.637. The van der Waals surface area contributed by atoms with Crippen LogP contribution >= 0.6 is 0 Å². The molecule has 1 N–H and O–H groups in total. The van der Waals surface area contributed by atoms with Crippen molar-refractivity contribution in [3.05, 3.63) is 42.2 Å². The summed E-state index contributed by atoms with van der Waals surface area (Å²) >= 11 is 0. The number of phenolic OH excluding ortho intramolecular Hbond substituents is 1. The fourth-order valence-electron chi connectivity index (χ4n) is 1.91. The lowest BCUT2D eigenvalue weighted by Crippen LogP contribution is -2.15. The molecule has 4 heteroatoms. The summed E-state index contributed by atoms with van der Waals surface area (Å²) in [4.78, 5) is 0. The molecule has 0 aromatic heterocycles. The Balaban J connectivity index is 2.03. The molecule has 0 aliphatic carbocycles. The summed E-state index contributed by atoms with van der Waals surface area (Å²) in [7, 11) is 0. The largest absolute Gasteiger partial charge is 0.505 e. The van der Waals surface area contributed by atoms with Gasteiger partial charge in [0.2, 0.25) is 0 Å². The average molecular weight is 246 g/mol. The van der Waals surface area contributed by atoms with Gasteiger partial charge in [-0.25, -0.2) is 4.39 Å². The van der Waals surface area contributed by atoms with Crippen LogP contribution < -0.4 is 9.47 Å². The average Bonchev–Trinajstić information content (AvgIpc) is 2.41. The van der Waals surface area contributed by atoms with E-state index in [-0.39, 0.29) is 5.75 Å². The topological polar surface area (TPSA) is 38.7 Å². The fourth-order valence-corrected chi connectivity index (χ4v) is 1.91. The molecule has 0 atom stereocenters. The Morgan fingerprint density at radius 2 is 1.56 bits per heavy atom. The van der Waals surface area contributed by atoms with Crippen molar-refractivity contribution < 1.29 is 19.0 Å². The van der Waals surface area contributed by atoms with E-state index in [9.17, 15) is 4.39 Å². The molecule has 0 spiro atoms. The van der Waals surface area contributed by atoms with Crippen LogP contribution in [0.2, 0.25) is 0 Å². The number of aromatic hydroxyl groups is 1. The van der Waals surface area contributed by atoms with Gasteiger partial charge in [0.25, 0.3) is 0 Å². The highest BCUT2D eigenvalue weighted by atomic mass is 19.1. The Kier molecular flexibility index (Phi) is 2.55. The summed E-state index contributed by atoms with van der Waals surface area (Å²) in [5.41, 5.74) is 1.50. The van der Waals surface area contributed by atoms with Crippen molar-refractivity contribution in [2.75, 3.05) is 13.2 Å². The number of rotatable bonds is 1. The second kappa shape index (κ2) is 4.22. The molecule has 0 unspecified atom stereocenters. The number of hydrogen-bond donors (Lipinski definition) is 1. The first-order chi connectivity index (χ1) is 8.74. The second-order valence-electron chi connectivity index (χ2n) is 4.02. The third-order valence-electron chi connectivity index (χ3n) is 2.82. The molecule has 0 bridgehead atoms. The van der Waals surface area contributed by atoms with Crippen LogP contribution in [0.15, 0.2) is 36.4 Å². The Morgan fingerprint density at radius 3 is 2.33 bits per heavy atom. The smallest absolute Gasteiger partial charge is 0.165 e. The molecule has 3 rings (SSSR count). The minimum Gasteiger partial charge on any atom is -0.505 e. The van der Waals surface area contributed by atoms with Gasteiger partial charge in [-0.05, 0) is 35.4 Å². The lowest BCUT2D eigenvalue weighted by Gasteiger charge is -2.18. The number of hydrogen-bond acceptors (Lipinski definition) is 3. The van der Waals surface area contributed by atoms with Crippen LogP contribution in [0, 0.1) is 5.82 Å². The molecule has 2 aromatic rings. The van der Waals surface area contributed by atoms with Gasteiger partial charge in [-0.1, -0.05) is 12.1 Å². The Labute approximate surface area is 103 Å². The van der Waals surface area contributed by atoms with Gasteiger partial charge in [0.1, 0.15) is 13.2 Å². The summed E-state index contributed by atoms with van der Waals surface area (Å²) in [6.45, 7) is 1.06. The Morgan fingerprint density at radius 1 is 0.889 bits per heavy atom. The lowest BCUT2D eigenvalue weighted by atomic mass is 10.0. The molecule has 92 valence electrons. The first kappa shape index (κ1) is 10.9. The van der Waals surface area contributed by atoms with Gasteiger partial charge < -0.3 is 14.6 Å². The van der Waals surface area contributed by atoms with E-state index in [4.69, 9.17) is 14.6 Å². The van der Waals surface area contributed by atoms with Crippen molar-refractivity contribution in [2.24, 2.45) is 0 Å². The highest BCUT2D eigenvalue weighted by molar-refractivity contribution is 5.68. The molecule has 0 saturated carbocycles. The zero-order valence-electron chi connectivity index (χ0n) is 9.52. The summed E-state index contributed by atoms with van der Waals surface area (Å²) in [5.74, 6) is 0.371. The maximum atomic E-state index is 13.3. The van der Waals surface area contributed by atoms with Gasteiger partial charge in [-0.3, -0.25) is 0 Å². The molecule has 0 amide bonds. The lowest BCUT2D eigenvalue weighted by molar-refractivity contribution is 0.171. The summed E-state index contributed by atoms with van der Waals surface area (Å²) in [5, 5.41) is 9.16. The molecule has 0 fully saturated rings. The van der Waals surface area contributed by atoms with E-state index in [1.807, 2.05) is 6.07 Å². The van der Waals surface area contributed by atoms with Crippen LogP contribution in [-0.2, 0) is 0 Å². The third kappa shape index (κ3) is 1.86. The zero-order valence-corrected chi connectivity index (χ0v) is 9.52. The van der Waals surface area contributed by atoms with Gasteiger partial charge in [0.15, 0.2) is 23.1 Å². The van der Waals surface area contributed by atoms with Gasteiger partial charge in [-0.2, -0.15) is 0 Å². The summed E-state index contributed by atoms with van der Waals surface area (Å²) < 4.78 is 24.2. The van der Waals surface area contributed by atoms with Crippen LogP contribution in [0.1, 0.15) is 0 Å². The summed E-state index contributed by atoms with van der Waals surface area (Å²) in [6, 6.07) is 9.72. The second-order valence-corrected chi connectivity index (χ2v) is 4.02. The van der Waals surface area contributed by atoms with Gasteiger partial charge in [0.05, 0.1) is 0 Å². The Hall–Kier alpha value is -2.23. The molecule has 0 saturated heterocycles. The maximum Gasteiger partial charge on any atom is 0.165 e. The van der Waals surface area contributed by atoms with E-state index in [2.05, 4.69) is 0 Å². The number of fused-ring (bicyclic) bond motifs is 1. The third-order valence-corrected chi connectivity index (χ3v) is 2.82. The fraction of sp³-hybridized carbons (Fsp3) is 0.143. The van der Waals surface area contributed by atoms with Gasteiger partial charge in [0, 0.05) is 0 Å². The van der Waals surface area contributed by atoms with E-state index in [0.29, 0.717) is 30.3 Å². The van der Waals surface area contributed by atoms with Crippen LogP contribution in [0.4, 0.5) is 4.39 Å². The van der Waals surface area contributed by atoms with E-state index < -0.39 is 5.82 Å². The zero-order chi connectivity index (χ0) is 12.5. The predicted octanol–water partition coefficient (Wildman–Crippen LogP) is 2.97. The standard InChI is InChI=1S/C14H11FO3/c15-11-7-9(1-3-12(11)16)10-2-4-13-14(8-10)18-6-5-17-13/h1-4,7-8,16H,5-6H2. The first-order valence-corrected chi connectivity index (χ1v) is 5.62.